The van der Waals surface area contributed by atoms with Crippen molar-refractivity contribution >= 4 is 11.7 Å². The van der Waals surface area contributed by atoms with Crippen LogP contribution < -0.4 is 5.32 Å². The predicted molar refractivity (Wildman–Crippen MR) is 73.6 cm³/mol. The van der Waals surface area contributed by atoms with E-state index in [4.69, 9.17) is 0 Å². The predicted octanol–water partition coefficient (Wildman–Crippen LogP) is 3.08. The number of nitrogens with one attached hydrogen (secondary N) is 1. The van der Waals surface area contributed by atoms with Crippen LogP contribution >= 0.6 is 0 Å². The Morgan fingerprint density at radius 3 is 2.95 bits per heavy atom. The number of amides is 1. The third-order valence-electron chi connectivity index (χ3n) is 4.91. The van der Waals surface area contributed by atoms with Crippen molar-refractivity contribution in [2.75, 3.05) is 5.32 Å². The summed E-state index contributed by atoms with van der Waals surface area (Å²) in [6.07, 6.45) is 8.41. The Hall–Kier alpha value is -1.45. The highest BCUT2D eigenvalue weighted by Gasteiger charge is 2.52. The lowest BCUT2D eigenvalue weighted by atomic mass is 9.69. The molecule has 0 saturated heterocycles. The molecule has 2 fully saturated rings. The van der Waals surface area contributed by atoms with Crippen molar-refractivity contribution in [3.05, 3.63) is 18.1 Å². The van der Waals surface area contributed by atoms with Crippen LogP contribution in [0.15, 0.2) is 12.3 Å². The summed E-state index contributed by atoms with van der Waals surface area (Å²) in [6.45, 7) is 4.16. The average Bonchev–Trinajstić information content (AvgIpc) is 2.61. The third kappa shape index (κ3) is 2.24. The van der Waals surface area contributed by atoms with Crippen LogP contribution in [0.25, 0.3) is 0 Å². The molecule has 102 valence electrons. The second kappa shape index (κ2) is 4.29. The Labute approximate surface area is 114 Å². The zero-order valence-corrected chi connectivity index (χ0v) is 11.7. The average molecular weight is 259 g/mol. The maximum Gasteiger partial charge on any atom is 0.231 e. The minimum Gasteiger partial charge on any atom is -0.310 e. The molecule has 0 aromatic carbocycles. The number of aromatic nitrogens is 2. The summed E-state index contributed by atoms with van der Waals surface area (Å²) < 4.78 is 0. The molecule has 2 unspecified atom stereocenters. The van der Waals surface area contributed by atoms with E-state index in [0.29, 0.717) is 17.1 Å². The zero-order valence-electron chi connectivity index (χ0n) is 11.7. The van der Waals surface area contributed by atoms with Gasteiger partial charge in [-0.15, -0.1) is 0 Å². The summed E-state index contributed by atoms with van der Waals surface area (Å²) in [5.41, 5.74) is 0.239. The first-order valence-electron chi connectivity index (χ1n) is 7.13. The number of rotatable bonds is 2. The summed E-state index contributed by atoms with van der Waals surface area (Å²) in [7, 11) is 0. The van der Waals surface area contributed by atoms with Crippen molar-refractivity contribution in [3.8, 4) is 0 Å². The standard InChI is InChI=1S/C15H21N3O/c1-11-16-9-4-12(17-11)18-13(19)15-6-3-5-14(2,10-15)7-8-15/h4,9H,3,5-8,10H2,1-2H3,(H,16,17,18,19). The van der Waals surface area contributed by atoms with Gasteiger partial charge in [0.05, 0.1) is 5.41 Å². The van der Waals surface area contributed by atoms with Crippen LogP contribution in [0.3, 0.4) is 0 Å². The molecule has 3 rings (SSSR count). The maximum atomic E-state index is 12.6. The highest BCUT2D eigenvalue weighted by atomic mass is 16.2. The van der Waals surface area contributed by atoms with Gasteiger partial charge in [0.25, 0.3) is 0 Å². The number of carbonyl (C=O) groups excluding carboxylic acids is 1. The van der Waals surface area contributed by atoms with Gasteiger partial charge in [0.1, 0.15) is 11.6 Å². The monoisotopic (exact) mass is 259 g/mol. The molecule has 0 radical (unpaired) electrons. The van der Waals surface area contributed by atoms with Crippen molar-refractivity contribution in [2.24, 2.45) is 10.8 Å². The van der Waals surface area contributed by atoms with E-state index in [1.807, 2.05) is 6.92 Å². The van der Waals surface area contributed by atoms with Gasteiger partial charge in [-0.1, -0.05) is 13.3 Å². The molecular formula is C15H21N3O. The number of aryl methyl sites for hydroxylation is 1. The molecule has 4 heteroatoms. The van der Waals surface area contributed by atoms with Gasteiger partial charge >= 0.3 is 0 Å². The molecule has 2 aliphatic rings. The van der Waals surface area contributed by atoms with E-state index >= 15 is 0 Å². The Morgan fingerprint density at radius 2 is 2.16 bits per heavy atom. The van der Waals surface area contributed by atoms with Crippen LogP contribution in [0.4, 0.5) is 5.82 Å². The fourth-order valence-electron chi connectivity index (χ4n) is 3.90. The summed E-state index contributed by atoms with van der Waals surface area (Å²) >= 11 is 0. The molecule has 1 aromatic heterocycles. The highest BCUT2D eigenvalue weighted by Crippen LogP contribution is 2.58. The van der Waals surface area contributed by atoms with E-state index in [-0.39, 0.29) is 11.3 Å². The molecule has 2 atom stereocenters. The van der Waals surface area contributed by atoms with Crippen LogP contribution in [-0.2, 0) is 4.79 Å². The Kier molecular flexibility index (Phi) is 2.84. The lowest BCUT2D eigenvalue weighted by molar-refractivity contribution is -0.127. The van der Waals surface area contributed by atoms with Gasteiger partial charge in [-0.2, -0.15) is 0 Å². The van der Waals surface area contributed by atoms with Crippen molar-refractivity contribution in [3.63, 3.8) is 0 Å². The van der Waals surface area contributed by atoms with Crippen LogP contribution in [0, 0.1) is 17.8 Å². The quantitative estimate of drug-likeness (QED) is 0.888. The molecule has 4 nitrogen and oxygen atoms in total. The molecule has 0 aliphatic heterocycles. The van der Waals surface area contributed by atoms with E-state index in [1.165, 1.54) is 19.3 Å². The van der Waals surface area contributed by atoms with Crippen molar-refractivity contribution in [1.29, 1.82) is 0 Å². The third-order valence-corrected chi connectivity index (χ3v) is 4.91. The molecule has 2 bridgehead atoms. The van der Waals surface area contributed by atoms with Gasteiger partial charge in [0.15, 0.2) is 0 Å². The number of hydrogen-bond acceptors (Lipinski definition) is 3. The second-order valence-corrected chi connectivity index (χ2v) is 6.56. The number of hydrogen-bond donors (Lipinski definition) is 1. The van der Waals surface area contributed by atoms with Gasteiger partial charge < -0.3 is 5.32 Å². The fourth-order valence-corrected chi connectivity index (χ4v) is 3.90. The first-order valence-corrected chi connectivity index (χ1v) is 7.13. The SMILES string of the molecule is Cc1nccc(NC(=O)C23CCCC(C)(CC2)C3)n1. The minimum absolute atomic E-state index is 0.147. The topological polar surface area (TPSA) is 54.9 Å². The van der Waals surface area contributed by atoms with Gasteiger partial charge in [-0.05, 0) is 50.5 Å². The number of carbonyl (C=O) groups is 1. The molecule has 19 heavy (non-hydrogen) atoms. The molecule has 0 spiro atoms. The van der Waals surface area contributed by atoms with Crippen LogP contribution in [0.2, 0.25) is 0 Å². The van der Waals surface area contributed by atoms with Gasteiger partial charge in [0, 0.05) is 6.20 Å². The van der Waals surface area contributed by atoms with Crippen molar-refractivity contribution in [2.45, 2.75) is 52.4 Å². The van der Waals surface area contributed by atoms with Gasteiger partial charge in [-0.3, -0.25) is 4.79 Å². The van der Waals surface area contributed by atoms with E-state index in [0.717, 1.165) is 19.3 Å². The van der Waals surface area contributed by atoms with E-state index < -0.39 is 0 Å². The number of anilines is 1. The molecular weight excluding hydrogens is 238 g/mol. The number of nitrogens with zero attached hydrogens (tertiary/aromatic N) is 2. The Bertz CT molecular complexity index is 516. The first kappa shape index (κ1) is 12.6. The van der Waals surface area contributed by atoms with Crippen molar-refractivity contribution in [1.82, 2.24) is 9.97 Å². The number of fused-ring (bicyclic) bond motifs is 2. The maximum absolute atomic E-state index is 12.6. The fraction of sp³-hybridized carbons (Fsp3) is 0.667. The van der Waals surface area contributed by atoms with E-state index in [1.54, 1.807) is 12.3 Å². The minimum atomic E-state index is -0.147. The molecule has 1 aromatic rings. The largest absolute Gasteiger partial charge is 0.310 e. The summed E-state index contributed by atoms with van der Waals surface area (Å²) in [6, 6.07) is 1.76. The van der Waals surface area contributed by atoms with E-state index in [2.05, 4.69) is 22.2 Å². The van der Waals surface area contributed by atoms with Crippen molar-refractivity contribution < 1.29 is 4.79 Å². The van der Waals surface area contributed by atoms with Gasteiger partial charge in [0.2, 0.25) is 5.91 Å². The molecule has 1 N–H and O–H groups in total. The lowest BCUT2D eigenvalue weighted by Crippen LogP contribution is -2.37. The summed E-state index contributed by atoms with van der Waals surface area (Å²) in [5.74, 6) is 1.48. The Balaban J connectivity index is 1.77. The molecule has 1 heterocycles. The zero-order chi connectivity index (χ0) is 13.5. The highest BCUT2D eigenvalue weighted by molar-refractivity contribution is 5.95. The second-order valence-electron chi connectivity index (χ2n) is 6.56. The van der Waals surface area contributed by atoms with Crippen LogP contribution in [0.1, 0.15) is 51.3 Å². The molecule has 2 saturated carbocycles. The summed E-state index contributed by atoms with van der Waals surface area (Å²) in [5, 5.41) is 3.00. The summed E-state index contributed by atoms with van der Waals surface area (Å²) in [4.78, 5) is 20.9. The molecule has 1 amide bonds. The first-order chi connectivity index (χ1) is 9.01. The lowest BCUT2D eigenvalue weighted by Gasteiger charge is -2.36. The smallest absolute Gasteiger partial charge is 0.231 e. The Morgan fingerprint density at radius 1 is 1.32 bits per heavy atom. The van der Waals surface area contributed by atoms with Crippen LogP contribution in [0.5, 0.6) is 0 Å². The van der Waals surface area contributed by atoms with E-state index in [9.17, 15) is 4.79 Å². The van der Waals surface area contributed by atoms with Crippen LogP contribution in [-0.4, -0.2) is 15.9 Å². The van der Waals surface area contributed by atoms with Gasteiger partial charge in [-0.25, -0.2) is 9.97 Å². The molecule has 2 aliphatic carbocycles. The normalized spacial score (nSPS) is 33.2.